The summed E-state index contributed by atoms with van der Waals surface area (Å²) in [6, 6.07) is 3.82. The maximum Gasteiger partial charge on any atom is 0.214 e. The number of nitrogens with zero attached hydrogens (tertiary/aromatic N) is 3. The molecular formula is C24H42N6O3S. The summed E-state index contributed by atoms with van der Waals surface area (Å²) >= 11 is 0. The molecule has 0 aromatic carbocycles. The van der Waals surface area contributed by atoms with Crippen LogP contribution in [0.4, 0.5) is 5.69 Å². The van der Waals surface area contributed by atoms with Gasteiger partial charge in [0.2, 0.25) is 10.0 Å². The summed E-state index contributed by atoms with van der Waals surface area (Å²) in [4.78, 5) is 6.34. The maximum absolute atomic E-state index is 13.2. The lowest BCUT2D eigenvalue weighted by Crippen LogP contribution is -2.43. The first-order chi connectivity index (χ1) is 16.5. The van der Waals surface area contributed by atoms with E-state index in [0.717, 1.165) is 89.9 Å². The van der Waals surface area contributed by atoms with Crippen LogP contribution in [-0.2, 0) is 14.8 Å². The number of hydrogen-bond acceptors (Lipinski definition) is 6. The van der Waals surface area contributed by atoms with Crippen LogP contribution in [0.15, 0.2) is 24.5 Å². The normalized spacial score (nSPS) is 17.8. The van der Waals surface area contributed by atoms with Gasteiger partial charge in [0.05, 0.1) is 19.0 Å². The Balaban J connectivity index is 1.32. The number of ether oxygens (including phenoxy) is 1. The van der Waals surface area contributed by atoms with Crippen molar-refractivity contribution in [2.75, 3.05) is 57.0 Å². The fourth-order valence-corrected chi connectivity index (χ4v) is 6.61. The number of morpholine rings is 1. The molecule has 10 heteroatoms. The van der Waals surface area contributed by atoms with Gasteiger partial charge < -0.3 is 15.4 Å². The van der Waals surface area contributed by atoms with E-state index in [4.69, 9.17) is 10.1 Å². The van der Waals surface area contributed by atoms with E-state index in [0.29, 0.717) is 19.5 Å². The number of pyridine rings is 1. The van der Waals surface area contributed by atoms with E-state index in [9.17, 15) is 8.42 Å². The predicted molar refractivity (Wildman–Crippen MR) is 137 cm³/mol. The summed E-state index contributed by atoms with van der Waals surface area (Å²) in [5, 5.41) is 14.0. The van der Waals surface area contributed by atoms with Crippen LogP contribution in [0, 0.1) is 5.41 Å². The Kier molecular flexibility index (Phi) is 11.5. The van der Waals surface area contributed by atoms with Gasteiger partial charge >= 0.3 is 0 Å². The molecule has 1 aromatic rings. The molecule has 1 saturated heterocycles. The minimum absolute atomic E-state index is 0.192. The number of aromatic nitrogens is 1. The van der Waals surface area contributed by atoms with Crippen molar-refractivity contribution in [1.29, 1.82) is 5.41 Å². The number of unbranched alkanes of at least 4 members (excludes halogenated alkanes) is 3. The Morgan fingerprint density at radius 2 is 1.79 bits per heavy atom. The predicted octanol–water partition coefficient (Wildman–Crippen LogP) is 2.87. The summed E-state index contributed by atoms with van der Waals surface area (Å²) in [7, 11) is -3.22. The molecule has 2 aliphatic rings. The second-order valence-corrected chi connectivity index (χ2v) is 11.3. The molecule has 3 rings (SSSR count). The maximum atomic E-state index is 13.2. The fraction of sp³-hybridized carbons (Fsp3) is 0.750. The molecule has 2 fully saturated rings. The molecule has 3 N–H and O–H groups in total. The zero-order valence-corrected chi connectivity index (χ0v) is 21.2. The van der Waals surface area contributed by atoms with Crippen LogP contribution < -0.4 is 10.6 Å². The van der Waals surface area contributed by atoms with Gasteiger partial charge in [-0.3, -0.25) is 15.3 Å². The Labute approximate surface area is 205 Å². The third kappa shape index (κ3) is 9.48. The van der Waals surface area contributed by atoms with Crippen LogP contribution in [0.3, 0.4) is 0 Å². The van der Waals surface area contributed by atoms with Gasteiger partial charge in [0.15, 0.2) is 5.96 Å². The van der Waals surface area contributed by atoms with Gasteiger partial charge in [-0.2, -0.15) is 4.31 Å². The first kappa shape index (κ1) is 26.8. The Morgan fingerprint density at radius 1 is 1.09 bits per heavy atom. The topological polar surface area (TPSA) is 111 Å². The minimum Gasteiger partial charge on any atom is -0.379 e. The molecule has 0 atom stereocenters. The van der Waals surface area contributed by atoms with Crippen LogP contribution in [0.25, 0.3) is 0 Å². The van der Waals surface area contributed by atoms with Gasteiger partial charge in [0, 0.05) is 50.3 Å². The zero-order chi connectivity index (χ0) is 24.1. The van der Waals surface area contributed by atoms with Gasteiger partial charge in [-0.25, -0.2) is 8.42 Å². The number of nitrogens with one attached hydrogen (secondary N) is 3. The van der Waals surface area contributed by atoms with Gasteiger partial charge in [-0.05, 0) is 50.8 Å². The molecule has 9 nitrogen and oxygen atoms in total. The highest BCUT2D eigenvalue weighted by atomic mass is 32.2. The van der Waals surface area contributed by atoms with Crippen LogP contribution in [0.2, 0.25) is 0 Å². The molecule has 0 amide bonds. The lowest BCUT2D eigenvalue weighted by atomic mass is 10.2. The van der Waals surface area contributed by atoms with Crippen LogP contribution >= 0.6 is 0 Å². The van der Waals surface area contributed by atoms with Crippen molar-refractivity contribution in [1.82, 2.24) is 19.5 Å². The van der Waals surface area contributed by atoms with Gasteiger partial charge in [0.25, 0.3) is 0 Å². The molecule has 34 heavy (non-hydrogen) atoms. The van der Waals surface area contributed by atoms with Crippen LogP contribution in [0.5, 0.6) is 0 Å². The van der Waals surface area contributed by atoms with E-state index in [1.165, 1.54) is 0 Å². The zero-order valence-electron chi connectivity index (χ0n) is 20.4. The highest BCUT2D eigenvalue weighted by molar-refractivity contribution is 7.89. The molecule has 0 bridgehead atoms. The minimum atomic E-state index is -3.22. The van der Waals surface area contributed by atoms with E-state index < -0.39 is 10.0 Å². The number of hydrogen-bond donors (Lipinski definition) is 3. The average molecular weight is 495 g/mol. The monoisotopic (exact) mass is 494 g/mol. The van der Waals surface area contributed by atoms with Crippen molar-refractivity contribution in [3.8, 4) is 0 Å². The van der Waals surface area contributed by atoms with E-state index >= 15 is 0 Å². The molecular weight excluding hydrogens is 452 g/mol. The molecule has 1 aromatic heterocycles. The summed E-state index contributed by atoms with van der Waals surface area (Å²) in [6.07, 6.45) is 12.0. The Bertz CT molecular complexity index is 811. The molecule has 0 radical (unpaired) electrons. The van der Waals surface area contributed by atoms with E-state index in [-0.39, 0.29) is 17.8 Å². The van der Waals surface area contributed by atoms with Crippen molar-refractivity contribution >= 4 is 21.7 Å². The second-order valence-electron chi connectivity index (χ2n) is 9.25. The van der Waals surface area contributed by atoms with Crippen molar-refractivity contribution in [3.63, 3.8) is 0 Å². The largest absolute Gasteiger partial charge is 0.379 e. The molecule has 0 spiro atoms. The van der Waals surface area contributed by atoms with Gasteiger partial charge in [0.1, 0.15) is 0 Å². The first-order valence-electron chi connectivity index (χ1n) is 12.8. The molecule has 1 saturated carbocycles. The second kappa shape index (κ2) is 14.6. The van der Waals surface area contributed by atoms with Crippen LogP contribution in [-0.4, -0.2) is 86.3 Å². The molecule has 192 valence electrons. The van der Waals surface area contributed by atoms with Crippen molar-refractivity contribution in [3.05, 3.63) is 24.5 Å². The summed E-state index contributed by atoms with van der Waals surface area (Å²) < 4.78 is 33.6. The van der Waals surface area contributed by atoms with E-state index in [2.05, 4.69) is 20.5 Å². The fourth-order valence-electron chi connectivity index (χ4n) is 4.73. The van der Waals surface area contributed by atoms with Crippen LogP contribution in [0.1, 0.15) is 57.8 Å². The molecule has 1 aliphatic heterocycles. The standard InChI is InChI=1S/C24H42N6O3S/c25-24(28-22-10-13-26-14-11-22)27-12-5-1-2-6-21-34(31,32)30(23-8-3-4-9-23)16-7-15-29-17-19-33-20-18-29/h10-11,13-14,23H,1-9,12,15-21H2,(H3,25,26,27,28). The SMILES string of the molecule is N=C(NCCCCCCS(=O)(=O)N(CCCN1CCOCC1)C1CCCC1)Nc1ccncc1. The Morgan fingerprint density at radius 3 is 2.53 bits per heavy atom. The van der Waals surface area contributed by atoms with Crippen molar-refractivity contribution in [2.45, 2.75) is 63.8 Å². The Hall–Kier alpha value is -1.75. The highest BCUT2D eigenvalue weighted by Crippen LogP contribution is 2.26. The van der Waals surface area contributed by atoms with E-state index in [1.54, 1.807) is 12.4 Å². The third-order valence-corrected chi connectivity index (χ3v) is 8.63. The smallest absolute Gasteiger partial charge is 0.214 e. The average Bonchev–Trinajstić information content (AvgIpc) is 3.37. The number of rotatable bonds is 14. The molecule has 2 heterocycles. The number of guanidine groups is 1. The van der Waals surface area contributed by atoms with Gasteiger partial charge in [-0.15, -0.1) is 0 Å². The van der Waals surface area contributed by atoms with Crippen molar-refractivity contribution < 1.29 is 13.2 Å². The first-order valence-corrected chi connectivity index (χ1v) is 14.4. The van der Waals surface area contributed by atoms with Crippen molar-refractivity contribution in [2.24, 2.45) is 0 Å². The van der Waals surface area contributed by atoms with Gasteiger partial charge in [-0.1, -0.05) is 25.7 Å². The lowest BCUT2D eigenvalue weighted by molar-refractivity contribution is 0.0366. The lowest BCUT2D eigenvalue weighted by Gasteiger charge is -2.30. The molecule has 1 aliphatic carbocycles. The highest BCUT2D eigenvalue weighted by Gasteiger charge is 2.31. The quantitative estimate of drug-likeness (QED) is 0.207. The number of sulfonamides is 1. The third-order valence-electron chi connectivity index (χ3n) is 6.63. The molecule has 0 unspecified atom stereocenters. The van der Waals surface area contributed by atoms with E-state index in [1.807, 2.05) is 16.4 Å². The number of anilines is 1. The summed E-state index contributed by atoms with van der Waals surface area (Å²) in [5.41, 5.74) is 0.828. The summed E-state index contributed by atoms with van der Waals surface area (Å²) in [5.74, 6) is 0.506. The summed E-state index contributed by atoms with van der Waals surface area (Å²) in [6.45, 7) is 5.74.